The molecule has 1 atom stereocenters. The number of aryl methyl sites for hydroxylation is 3. The Hall–Kier alpha value is -2.66. The summed E-state index contributed by atoms with van der Waals surface area (Å²) in [7, 11) is 0. The van der Waals surface area contributed by atoms with Gasteiger partial charge in [0.2, 0.25) is 5.96 Å². The van der Waals surface area contributed by atoms with Crippen LogP contribution in [0.2, 0.25) is 0 Å². The van der Waals surface area contributed by atoms with Gasteiger partial charge in [0.1, 0.15) is 0 Å². The summed E-state index contributed by atoms with van der Waals surface area (Å²) >= 11 is 0. The van der Waals surface area contributed by atoms with E-state index < -0.39 is 0 Å². The lowest BCUT2D eigenvalue weighted by Crippen LogP contribution is -2.36. The van der Waals surface area contributed by atoms with E-state index in [1.807, 2.05) is 30.3 Å². The van der Waals surface area contributed by atoms with Crippen molar-refractivity contribution in [1.82, 2.24) is 5.32 Å². The number of nitrogens with zero attached hydrogens (tertiary/aromatic N) is 1. The Morgan fingerprint density at radius 1 is 1.14 bits per heavy atom. The van der Waals surface area contributed by atoms with Crippen molar-refractivity contribution in [3.8, 4) is 0 Å². The van der Waals surface area contributed by atoms with Crippen molar-refractivity contribution < 1.29 is 9.53 Å². The van der Waals surface area contributed by atoms with Gasteiger partial charge < -0.3 is 10.1 Å². The maximum atomic E-state index is 12.7. The maximum absolute atomic E-state index is 12.7. The molecule has 0 aromatic heterocycles. The van der Waals surface area contributed by atoms with Crippen molar-refractivity contribution >= 4 is 17.6 Å². The van der Waals surface area contributed by atoms with E-state index in [0.29, 0.717) is 18.1 Å². The van der Waals surface area contributed by atoms with E-state index in [9.17, 15) is 4.79 Å². The fraction of sp³-hybridized carbons (Fsp3) is 0.391. The van der Waals surface area contributed by atoms with Crippen molar-refractivity contribution in [3.63, 3.8) is 0 Å². The largest absolute Gasteiger partial charge is 0.376 e. The van der Waals surface area contributed by atoms with E-state index in [1.165, 1.54) is 16.7 Å². The number of anilines is 1. The molecule has 0 aliphatic carbocycles. The number of benzene rings is 2. The van der Waals surface area contributed by atoms with Gasteiger partial charge in [-0.05, 0) is 74.1 Å². The number of guanidine groups is 1. The second kappa shape index (κ2) is 9.51. The zero-order chi connectivity index (χ0) is 19.9. The fourth-order valence-electron chi connectivity index (χ4n) is 3.12. The highest BCUT2D eigenvalue weighted by Gasteiger charge is 2.16. The van der Waals surface area contributed by atoms with Gasteiger partial charge in [-0.25, -0.2) is 4.99 Å². The van der Waals surface area contributed by atoms with Crippen LogP contribution in [0.25, 0.3) is 0 Å². The van der Waals surface area contributed by atoms with Crippen LogP contribution in [0.1, 0.15) is 46.8 Å². The number of ether oxygens (including phenoxy) is 1. The molecule has 2 aromatic carbocycles. The van der Waals surface area contributed by atoms with Crippen molar-refractivity contribution in [2.24, 2.45) is 4.99 Å². The quantitative estimate of drug-likeness (QED) is 0.603. The molecule has 5 nitrogen and oxygen atoms in total. The van der Waals surface area contributed by atoms with Crippen LogP contribution in [0.4, 0.5) is 5.69 Å². The van der Waals surface area contributed by atoms with Crippen molar-refractivity contribution in [1.29, 1.82) is 0 Å². The zero-order valence-electron chi connectivity index (χ0n) is 16.9. The molecule has 1 fully saturated rings. The molecule has 3 rings (SSSR count). The van der Waals surface area contributed by atoms with Crippen molar-refractivity contribution in [3.05, 3.63) is 64.7 Å². The van der Waals surface area contributed by atoms with Crippen LogP contribution in [0.5, 0.6) is 0 Å². The molecule has 0 spiro atoms. The molecule has 1 aliphatic heterocycles. The van der Waals surface area contributed by atoms with Crippen LogP contribution in [0.15, 0.2) is 47.5 Å². The van der Waals surface area contributed by atoms with E-state index in [0.717, 1.165) is 31.6 Å². The molecule has 1 amide bonds. The monoisotopic (exact) mass is 379 g/mol. The summed E-state index contributed by atoms with van der Waals surface area (Å²) in [5.41, 5.74) is 5.13. The van der Waals surface area contributed by atoms with Crippen LogP contribution in [-0.2, 0) is 11.2 Å². The third-order valence-electron chi connectivity index (χ3n) is 5.10. The molecule has 5 heteroatoms. The van der Waals surface area contributed by atoms with Gasteiger partial charge in [0.15, 0.2) is 0 Å². The Balaban J connectivity index is 1.74. The third kappa shape index (κ3) is 5.42. The number of rotatable bonds is 5. The lowest BCUT2D eigenvalue weighted by molar-refractivity contribution is 0.0975. The average Bonchev–Trinajstić information content (AvgIpc) is 3.22. The molecule has 0 bridgehead atoms. The van der Waals surface area contributed by atoms with E-state index in [1.54, 1.807) is 0 Å². The number of hydrogen-bond acceptors (Lipinski definition) is 3. The SMILES string of the molecule is CCc1ccc(C(=O)NC(=NC[C@H]2CCCO2)Nc2ccc(C)c(C)c2)cc1. The summed E-state index contributed by atoms with van der Waals surface area (Å²) in [6.45, 7) is 7.56. The van der Waals surface area contributed by atoms with Gasteiger partial charge in [-0.2, -0.15) is 0 Å². The first-order chi connectivity index (χ1) is 13.5. The fourth-order valence-corrected chi connectivity index (χ4v) is 3.12. The maximum Gasteiger partial charge on any atom is 0.257 e. The van der Waals surface area contributed by atoms with Crippen LogP contribution in [0, 0.1) is 13.8 Å². The number of nitrogens with one attached hydrogen (secondary N) is 2. The lowest BCUT2D eigenvalue weighted by Gasteiger charge is -2.14. The zero-order valence-corrected chi connectivity index (χ0v) is 16.9. The number of carbonyl (C=O) groups excluding carboxylic acids is 1. The van der Waals surface area contributed by atoms with Gasteiger partial charge in [-0.3, -0.25) is 10.1 Å². The second-order valence-corrected chi connectivity index (χ2v) is 7.25. The summed E-state index contributed by atoms with van der Waals surface area (Å²) in [6.07, 6.45) is 3.14. The molecule has 148 valence electrons. The molecule has 2 N–H and O–H groups in total. The van der Waals surface area contributed by atoms with Gasteiger partial charge in [-0.1, -0.05) is 25.1 Å². The Bertz CT molecular complexity index is 837. The Morgan fingerprint density at radius 3 is 2.57 bits per heavy atom. The summed E-state index contributed by atoms with van der Waals surface area (Å²) in [6, 6.07) is 13.8. The summed E-state index contributed by atoms with van der Waals surface area (Å²) in [5, 5.41) is 6.18. The van der Waals surface area contributed by atoms with Crippen molar-refractivity contribution in [2.75, 3.05) is 18.5 Å². The van der Waals surface area contributed by atoms with Gasteiger partial charge in [0.25, 0.3) is 5.91 Å². The number of carbonyl (C=O) groups is 1. The number of aliphatic imine (C=N–C) groups is 1. The third-order valence-corrected chi connectivity index (χ3v) is 5.10. The molecule has 1 aliphatic rings. The molecule has 0 unspecified atom stereocenters. The minimum Gasteiger partial charge on any atom is -0.376 e. The van der Waals surface area contributed by atoms with Gasteiger partial charge in [-0.15, -0.1) is 0 Å². The van der Waals surface area contributed by atoms with Crippen LogP contribution >= 0.6 is 0 Å². The highest BCUT2D eigenvalue weighted by Crippen LogP contribution is 2.15. The Labute approximate surface area is 167 Å². The number of amides is 1. The number of hydrogen-bond donors (Lipinski definition) is 2. The second-order valence-electron chi connectivity index (χ2n) is 7.25. The molecule has 1 heterocycles. The summed E-state index contributed by atoms with van der Waals surface area (Å²) in [4.78, 5) is 17.3. The predicted octanol–water partition coefficient (Wildman–Crippen LogP) is 4.24. The minimum atomic E-state index is -0.176. The van der Waals surface area contributed by atoms with E-state index >= 15 is 0 Å². The molecule has 0 radical (unpaired) electrons. The molecule has 28 heavy (non-hydrogen) atoms. The van der Waals surface area contributed by atoms with Gasteiger partial charge in [0.05, 0.1) is 12.6 Å². The molecular weight excluding hydrogens is 350 g/mol. The van der Waals surface area contributed by atoms with Gasteiger partial charge >= 0.3 is 0 Å². The highest BCUT2D eigenvalue weighted by molar-refractivity contribution is 6.10. The topological polar surface area (TPSA) is 62.7 Å². The molecule has 2 aromatic rings. The lowest BCUT2D eigenvalue weighted by atomic mass is 10.1. The first-order valence-electron chi connectivity index (χ1n) is 9.95. The Kier molecular flexibility index (Phi) is 6.82. The highest BCUT2D eigenvalue weighted by atomic mass is 16.5. The summed E-state index contributed by atoms with van der Waals surface area (Å²) in [5.74, 6) is 0.272. The van der Waals surface area contributed by atoms with E-state index in [-0.39, 0.29) is 12.0 Å². The average molecular weight is 380 g/mol. The first-order valence-corrected chi connectivity index (χ1v) is 9.95. The standard InChI is InChI=1S/C23H29N3O2/c1-4-18-8-10-19(11-9-18)22(27)26-23(24-15-21-6-5-13-28-21)25-20-12-7-16(2)17(3)14-20/h7-12,14,21H,4-6,13,15H2,1-3H3,(H2,24,25,26,27)/t21-/m1/s1. The van der Waals surface area contributed by atoms with Crippen LogP contribution < -0.4 is 10.6 Å². The van der Waals surface area contributed by atoms with Gasteiger partial charge in [0, 0.05) is 17.9 Å². The van der Waals surface area contributed by atoms with Crippen LogP contribution in [0.3, 0.4) is 0 Å². The van der Waals surface area contributed by atoms with E-state index in [2.05, 4.69) is 48.5 Å². The van der Waals surface area contributed by atoms with Crippen LogP contribution in [-0.4, -0.2) is 31.1 Å². The Morgan fingerprint density at radius 2 is 1.93 bits per heavy atom. The predicted molar refractivity (Wildman–Crippen MR) is 114 cm³/mol. The first kappa shape index (κ1) is 20.1. The normalized spacial score (nSPS) is 16.8. The van der Waals surface area contributed by atoms with E-state index in [4.69, 9.17) is 4.74 Å². The summed E-state index contributed by atoms with van der Waals surface area (Å²) < 4.78 is 5.66. The molecule has 1 saturated heterocycles. The molecular formula is C23H29N3O2. The smallest absolute Gasteiger partial charge is 0.257 e. The van der Waals surface area contributed by atoms with Crippen molar-refractivity contribution in [2.45, 2.75) is 46.1 Å². The minimum absolute atomic E-state index is 0.122. The molecule has 0 saturated carbocycles.